The highest BCUT2D eigenvalue weighted by Gasteiger charge is 2.10. The molecule has 0 heterocycles. The summed E-state index contributed by atoms with van der Waals surface area (Å²) in [5.74, 6) is 0.173. The van der Waals surface area contributed by atoms with Crippen LogP contribution < -0.4 is 20.7 Å². The number of ether oxygens (including phenoxy) is 1. The van der Waals surface area contributed by atoms with Crippen LogP contribution in [0, 0.1) is 0 Å². The van der Waals surface area contributed by atoms with Crippen molar-refractivity contribution in [2.45, 2.75) is 20.8 Å². The fourth-order valence-corrected chi connectivity index (χ4v) is 3.12. The van der Waals surface area contributed by atoms with Crippen molar-refractivity contribution >= 4 is 34.8 Å². The second-order valence-corrected chi connectivity index (χ2v) is 7.14. The highest BCUT2D eigenvalue weighted by molar-refractivity contribution is 7.80. The van der Waals surface area contributed by atoms with Crippen LogP contribution >= 0.6 is 12.2 Å². The largest absolute Gasteiger partial charge is 0.494 e. The maximum atomic E-state index is 12.4. The van der Waals surface area contributed by atoms with Crippen molar-refractivity contribution < 1.29 is 14.3 Å². The maximum Gasteiger partial charge on any atom is 0.257 e. The third-order valence-electron chi connectivity index (χ3n) is 4.65. The molecule has 0 aliphatic carbocycles. The Bertz CT molecular complexity index is 883. The topological polar surface area (TPSA) is 82.7 Å². The number of thiocarbonyl (C=S) groups is 1. The van der Waals surface area contributed by atoms with Crippen LogP contribution in [0.1, 0.15) is 41.5 Å². The molecule has 0 spiro atoms. The van der Waals surface area contributed by atoms with Gasteiger partial charge in [0.25, 0.3) is 11.8 Å². The first-order chi connectivity index (χ1) is 15.0. The first-order valence-corrected chi connectivity index (χ1v) is 10.8. The van der Waals surface area contributed by atoms with Gasteiger partial charge in [-0.2, -0.15) is 0 Å². The smallest absolute Gasteiger partial charge is 0.257 e. The molecule has 0 unspecified atom stereocenters. The van der Waals surface area contributed by atoms with Crippen LogP contribution in [0.25, 0.3) is 0 Å². The molecule has 0 aliphatic heterocycles. The van der Waals surface area contributed by atoms with Gasteiger partial charge in [0, 0.05) is 29.9 Å². The van der Waals surface area contributed by atoms with E-state index in [1.54, 1.807) is 48.5 Å². The Balaban J connectivity index is 1.85. The molecule has 0 aromatic heterocycles. The van der Waals surface area contributed by atoms with Crippen LogP contribution in [0.4, 0.5) is 5.69 Å². The lowest BCUT2D eigenvalue weighted by Gasteiger charge is -2.18. The molecular formula is C23H30N4O3S. The maximum absolute atomic E-state index is 12.4. The van der Waals surface area contributed by atoms with Gasteiger partial charge in [0.05, 0.1) is 6.61 Å². The number of nitrogens with zero attached hydrogens (tertiary/aromatic N) is 1. The number of amides is 2. The number of nitrogens with one attached hydrogen (secondary N) is 3. The highest BCUT2D eigenvalue weighted by Crippen LogP contribution is 2.13. The van der Waals surface area contributed by atoms with Gasteiger partial charge in [0.15, 0.2) is 5.11 Å². The first kappa shape index (κ1) is 24.3. The first-order valence-electron chi connectivity index (χ1n) is 10.4. The Labute approximate surface area is 189 Å². The van der Waals surface area contributed by atoms with Crippen molar-refractivity contribution in [1.29, 1.82) is 0 Å². The van der Waals surface area contributed by atoms with Gasteiger partial charge in [-0.15, -0.1) is 0 Å². The lowest BCUT2D eigenvalue weighted by Crippen LogP contribution is -2.35. The standard InChI is InChI=1S/C23H30N4O3S/c1-4-27(5-2)15-14-24-21(28)17-10-12-19(13-11-17)25-23(31)26-22(29)18-8-7-9-20(16-18)30-6-3/h7-13,16H,4-6,14-15H2,1-3H3,(H,24,28)(H2,25,26,29,31). The van der Waals surface area contributed by atoms with Gasteiger partial charge >= 0.3 is 0 Å². The monoisotopic (exact) mass is 442 g/mol. The minimum Gasteiger partial charge on any atom is -0.494 e. The summed E-state index contributed by atoms with van der Waals surface area (Å²) in [5, 5.41) is 8.69. The summed E-state index contributed by atoms with van der Waals surface area (Å²) in [6.07, 6.45) is 0. The average Bonchev–Trinajstić information content (AvgIpc) is 2.77. The number of carbonyl (C=O) groups excluding carboxylic acids is 2. The molecular weight excluding hydrogens is 412 g/mol. The van der Waals surface area contributed by atoms with Crippen LogP contribution in [-0.2, 0) is 0 Å². The Morgan fingerprint density at radius 3 is 2.32 bits per heavy atom. The van der Waals surface area contributed by atoms with Crippen molar-refractivity contribution in [3.8, 4) is 5.75 Å². The molecule has 0 saturated heterocycles. The zero-order chi connectivity index (χ0) is 22.6. The molecule has 2 rings (SSSR count). The van der Waals surface area contributed by atoms with Crippen molar-refractivity contribution in [1.82, 2.24) is 15.5 Å². The van der Waals surface area contributed by atoms with E-state index in [-0.39, 0.29) is 16.9 Å². The molecule has 0 radical (unpaired) electrons. The molecule has 2 aromatic carbocycles. The highest BCUT2D eigenvalue weighted by atomic mass is 32.1. The van der Waals surface area contributed by atoms with Crippen LogP contribution in [-0.4, -0.2) is 54.6 Å². The molecule has 2 aromatic rings. The lowest BCUT2D eigenvalue weighted by atomic mass is 10.2. The zero-order valence-corrected chi connectivity index (χ0v) is 19.1. The van der Waals surface area contributed by atoms with E-state index < -0.39 is 0 Å². The van der Waals surface area contributed by atoms with Crippen LogP contribution in [0.15, 0.2) is 48.5 Å². The molecule has 0 atom stereocenters. The molecule has 7 nitrogen and oxygen atoms in total. The molecule has 0 aliphatic rings. The van der Waals surface area contributed by atoms with E-state index >= 15 is 0 Å². The number of carbonyl (C=O) groups is 2. The number of benzene rings is 2. The summed E-state index contributed by atoms with van der Waals surface area (Å²) in [6, 6.07) is 13.8. The van der Waals surface area contributed by atoms with Gasteiger partial charge < -0.3 is 20.3 Å². The predicted molar refractivity (Wildman–Crippen MR) is 128 cm³/mol. The quantitative estimate of drug-likeness (QED) is 0.490. The van der Waals surface area contributed by atoms with E-state index in [2.05, 4.69) is 34.7 Å². The van der Waals surface area contributed by atoms with Crippen molar-refractivity contribution in [2.24, 2.45) is 0 Å². The SMILES string of the molecule is CCOc1cccc(C(=O)NC(=S)Nc2ccc(C(=O)NCCN(CC)CC)cc2)c1. The van der Waals surface area contributed by atoms with Crippen LogP contribution in [0.3, 0.4) is 0 Å². The van der Waals surface area contributed by atoms with Gasteiger partial charge in [0.1, 0.15) is 5.75 Å². The summed E-state index contributed by atoms with van der Waals surface area (Å²) >= 11 is 5.23. The summed E-state index contributed by atoms with van der Waals surface area (Å²) in [4.78, 5) is 26.9. The Kier molecular flexibility index (Phi) is 9.93. The number of hydrogen-bond acceptors (Lipinski definition) is 5. The number of anilines is 1. The Morgan fingerprint density at radius 1 is 0.968 bits per heavy atom. The van der Waals surface area contributed by atoms with E-state index in [4.69, 9.17) is 17.0 Å². The van der Waals surface area contributed by atoms with E-state index in [9.17, 15) is 9.59 Å². The fraction of sp³-hybridized carbons (Fsp3) is 0.348. The second kappa shape index (κ2) is 12.7. The Hall–Kier alpha value is -2.97. The van der Waals surface area contributed by atoms with E-state index in [1.807, 2.05) is 6.92 Å². The molecule has 2 amide bonds. The normalized spacial score (nSPS) is 10.5. The minimum absolute atomic E-state index is 0.122. The van der Waals surface area contributed by atoms with E-state index in [0.717, 1.165) is 19.6 Å². The summed E-state index contributed by atoms with van der Waals surface area (Å²) in [5.41, 5.74) is 1.69. The average molecular weight is 443 g/mol. The minimum atomic E-state index is -0.330. The summed E-state index contributed by atoms with van der Waals surface area (Å²) in [6.45, 7) is 9.94. The molecule has 31 heavy (non-hydrogen) atoms. The fourth-order valence-electron chi connectivity index (χ4n) is 2.91. The molecule has 166 valence electrons. The molecule has 8 heteroatoms. The van der Waals surface area contributed by atoms with E-state index in [1.165, 1.54) is 0 Å². The summed E-state index contributed by atoms with van der Waals surface area (Å²) in [7, 11) is 0. The van der Waals surface area contributed by atoms with Gasteiger partial charge in [0.2, 0.25) is 0 Å². The van der Waals surface area contributed by atoms with E-state index in [0.29, 0.717) is 35.7 Å². The van der Waals surface area contributed by atoms with Gasteiger partial charge in [-0.05, 0) is 74.7 Å². The zero-order valence-electron chi connectivity index (χ0n) is 18.2. The Morgan fingerprint density at radius 2 is 1.68 bits per heavy atom. The predicted octanol–water partition coefficient (Wildman–Crippen LogP) is 3.28. The third-order valence-corrected chi connectivity index (χ3v) is 4.85. The second-order valence-electron chi connectivity index (χ2n) is 6.73. The van der Waals surface area contributed by atoms with Crippen LogP contribution in [0.5, 0.6) is 5.75 Å². The summed E-state index contributed by atoms with van der Waals surface area (Å²) < 4.78 is 5.41. The van der Waals surface area contributed by atoms with Crippen molar-refractivity contribution in [2.75, 3.05) is 38.1 Å². The number of hydrogen-bond donors (Lipinski definition) is 3. The third kappa shape index (κ3) is 7.99. The molecule has 0 bridgehead atoms. The van der Waals surface area contributed by atoms with Crippen molar-refractivity contribution in [3.63, 3.8) is 0 Å². The van der Waals surface area contributed by atoms with Crippen molar-refractivity contribution in [3.05, 3.63) is 59.7 Å². The lowest BCUT2D eigenvalue weighted by molar-refractivity contribution is 0.0947. The van der Waals surface area contributed by atoms with Gasteiger partial charge in [-0.1, -0.05) is 19.9 Å². The van der Waals surface area contributed by atoms with Crippen LogP contribution in [0.2, 0.25) is 0 Å². The number of likely N-dealkylation sites (N-methyl/N-ethyl adjacent to an activating group) is 1. The number of rotatable bonds is 10. The van der Waals surface area contributed by atoms with Gasteiger partial charge in [-0.25, -0.2) is 0 Å². The van der Waals surface area contributed by atoms with Gasteiger partial charge in [-0.3, -0.25) is 14.9 Å². The molecule has 0 saturated carbocycles. The molecule has 0 fully saturated rings. The molecule has 3 N–H and O–H groups in total.